The Morgan fingerprint density at radius 2 is 1.12 bits per heavy atom. The Labute approximate surface area is 281 Å². The van der Waals surface area contributed by atoms with E-state index in [1.165, 1.54) is 22.3 Å². The second-order valence-corrected chi connectivity index (χ2v) is 14.1. The van der Waals surface area contributed by atoms with Gasteiger partial charge in [0.1, 0.15) is 11.4 Å². The summed E-state index contributed by atoms with van der Waals surface area (Å²) >= 11 is 12.0. The van der Waals surface area contributed by atoms with Gasteiger partial charge in [0.2, 0.25) is 0 Å². The third-order valence-corrected chi connectivity index (χ3v) is 11.1. The van der Waals surface area contributed by atoms with Crippen molar-refractivity contribution < 1.29 is 0 Å². The summed E-state index contributed by atoms with van der Waals surface area (Å²) in [6, 6.07) is 11.2. The van der Waals surface area contributed by atoms with Gasteiger partial charge in [-0.1, -0.05) is 53.4 Å². The summed E-state index contributed by atoms with van der Waals surface area (Å²) in [7, 11) is 0. The summed E-state index contributed by atoms with van der Waals surface area (Å²) in [6.07, 6.45) is 13.1. The molecule has 0 fully saturated rings. The van der Waals surface area contributed by atoms with Crippen LogP contribution in [-0.2, 0) is 12.8 Å². The summed E-state index contributed by atoms with van der Waals surface area (Å²) < 4.78 is 3.31. The number of unbranched alkanes of at least 4 members (excludes halogenated alkanes) is 4. The molecule has 3 aromatic heterocycles. The molecule has 5 heterocycles. The molecule has 2 N–H and O–H groups in total. The molecular formula is C36H43Br3N4. The number of fused-ring (bicyclic) bond motifs is 10. The predicted octanol–water partition coefficient (Wildman–Crippen LogP) is 12.7. The number of aromatic amines is 2. The Kier molecular flexibility index (Phi) is 11.2. The SMILES string of the molecule is CCCCC1=C(Br)c2nc1ccc1[nH]c(c3nc(ccc4[nH]c2cc4CCCC)C(CCCC)=C3Br)c(Br)c1CCCC. The minimum Gasteiger partial charge on any atom is -0.353 e. The number of hydrogen-bond donors (Lipinski definition) is 2. The second-order valence-electron chi connectivity index (χ2n) is 11.7. The topological polar surface area (TPSA) is 57.4 Å². The lowest BCUT2D eigenvalue weighted by atomic mass is 10.1. The molecule has 0 unspecified atom stereocenters. The van der Waals surface area contributed by atoms with Crippen LogP contribution in [0.2, 0.25) is 0 Å². The first-order valence-electron chi connectivity index (χ1n) is 16.1. The van der Waals surface area contributed by atoms with Crippen LogP contribution in [0, 0.1) is 0 Å². The van der Waals surface area contributed by atoms with Gasteiger partial charge in [-0.2, -0.15) is 0 Å². The number of H-pyrrole nitrogens is 2. The first-order valence-corrected chi connectivity index (χ1v) is 18.5. The number of nitrogens with one attached hydrogen (secondary N) is 2. The summed E-state index contributed by atoms with van der Waals surface area (Å²) in [5.41, 5.74) is 13.6. The smallest absolute Gasteiger partial charge is 0.103 e. The molecule has 0 aliphatic carbocycles. The average molecular weight is 771 g/mol. The summed E-state index contributed by atoms with van der Waals surface area (Å²) in [4.78, 5) is 18.0. The first kappa shape index (κ1) is 32.4. The molecule has 2 aliphatic heterocycles. The van der Waals surface area contributed by atoms with Crippen molar-refractivity contribution in [2.75, 3.05) is 0 Å². The van der Waals surface area contributed by atoms with E-state index in [1.807, 2.05) is 0 Å². The van der Waals surface area contributed by atoms with Crippen LogP contribution in [0.1, 0.15) is 126 Å². The molecule has 4 nitrogen and oxygen atoms in total. The Hall–Kier alpha value is -1.96. The molecule has 43 heavy (non-hydrogen) atoms. The summed E-state index contributed by atoms with van der Waals surface area (Å²) in [5, 5.41) is 0. The lowest BCUT2D eigenvalue weighted by molar-refractivity contribution is 0.798. The van der Waals surface area contributed by atoms with E-state index in [-0.39, 0.29) is 0 Å². The van der Waals surface area contributed by atoms with Crippen LogP contribution in [0.4, 0.5) is 0 Å². The van der Waals surface area contributed by atoms with E-state index >= 15 is 0 Å². The van der Waals surface area contributed by atoms with Crippen LogP contribution in [0.15, 0.2) is 34.8 Å². The van der Waals surface area contributed by atoms with Gasteiger partial charge in [0, 0.05) is 15.5 Å². The van der Waals surface area contributed by atoms with Gasteiger partial charge in [0.05, 0.1) is 31.4 Å². The van der Waals surface area contributed by atoms with Crippen LogP contribution in [0.25, 0.3) is 42.2 Å². The van der Waals surface area contributed by atoms with Gasteiger partial charge in [-0.3, -0.25) is 0 Å². The highest BCUT2D eigenvalue weighted by Gasteiger charge is 2.23. The van der Waals surface area contributed by atoms with Gasteiger partial charge in [-0.15, -0.1) is 0 Å². The van der Waals surface area contributed by atoms with Crippen molar-refractivity contribution in [3.05, 3.63) is 68.7 Å². The number of hydrogen-bond acceptors (Lipinski definition) is 2. The van der Waals surface area contributed by atoms with Gasteiger partial charge in [0.25, 0.3) is 0 Å². The zero-order valence-corrected chi connectivity index (χ0v) is 30.7. The average Bonchev–Trinajstić information content (AvgIpc) is 3.72. The van der Waals surface area contributed by atoms with E-state index in [1.54, 1.807) is 0 Å². The van der Waals surface area contributed by atoms with E-state index in [2.05, 4.69) is 116 Å². The molecule has 0 spiro atoms. The normalized spacial score (nSPS) is 13.5. The largest absolute Gasteiger partial charge is 0.353 e. The molecule has 2 aliphatic rings. The third kappa shape index (κ3) is 6.84. The maximum Gasteiger partial charge on any atom is 0.103 e. The third-order valence-electron chi connectivity index (χ3n) is 8.48. The standard InChI is InChI=1S/C36H43Br3N4/c1-5-9-13-22-21-30-34-31(37)23(14-10-6-2)27(41-34)19-20-29-25(16-12-8-4)33(39)36(43-29)35-32(38)24(15-11-7-3)28(42-35)18-17-26(22)40-30/h17-21,40,43H,5-16H2,1-4H3. The van der Waals surface area contributed by atoms with Gasteiger partial charge in [-0.25, -0.2) is 9.97 Å². The van der Waals surface area contributed by atoms with E-state index in [0.29, 0.717) is 0 Å². The number of allylic oxidation sites excluding steroid dienone is 2. The lowest BCUT2D eigenvalue weighted by Gasteiger charge is -2.02. The molecule has 0 amide bonds. The van der Waals surface area contributed by atoms with Gasteiger partial charge in [-0.05, 0) is 152 Å². The first-order chi connectivity index (χ1) is 20.9. The lowest BCUT2D eigenvalue weighted by Crippen LogP contribution is -1.84. The Balaban J connectivity index is 1.87. The molecule has 228 valence electrons. The van der Waals surface area contributed by atoms with Crippen molar-refractivity contribution in [3.8, 4) is 0 Å². The molecular weight excluding hydrogens is 728 g/mol. The van der Waals surface area contributed by atoms with Crippen LogP contribution in [-0.4, -0.2) is 19.9 Å². The number of halogens is 3. The molecule has 3 aromatic rings. The van der Waals surface area contributed by atoms with Crippen molar-refractivity contribution in [2.45, 2.75) is 105 Å². The molecule has 0 saturated heterocycles. The van der Waals surface area contributed by atoms with Crippen LogP contribution in [0.3, 0.4) is 0 Å². The molecule has 0 saturated carbocycles. The van der Waals surface area contributed by atoms with Crippen LogP contribution >= 0.6 is 47.8 Å². The molecule has 5 rings (SSSR count). The molecule has 7 heteroatoms. The number of nitrogens with zero attached hydrogens (tertiary/aromatic N) is 2. The van der Waals surface area contributed by atoms with E-state index in [4.69, 9.17) is 9.97 Å². The number of aromatic nitrogens is 4. The van der Waals surface area contributed by atoms with Crippen LogP contribution < -0.4 is 0 Å². The summed E-state index contributed by atoms with van der Waals surface area (Å²) in [6.45, 7) is 9.00. The minimum atomic E-state index is 0.973. The van der Waals surface area contributed by atoms with E-state index in [0.717, 1.165) is 135 Å². The van der Waals surface area contributed by atoms with Gasteiger partial charge >= 0.3 is 0 Å². The molecule has 0 atom stereocenters. The van der Waals surface area contributed by atoms with Crippen LogP contribution in [0.5, 0.6) is 0 Å². The van der Waals surface area contributed by atoms with Crippen molar-refractivity contribution in [1.82, 2.24) is 19.9 Å². The fraction of sp³-hybridized carbons (Fsp3) is 0.444. The molecule has 0 radical (unpaired) electrons. The Morgan fingerprint density at radius 1 is 0.581 bits per heavy atom. The van der Waals surface area contributed by atoms with Crippen molar-refractivity contribution in [3.63, 3.8) is 0 Å². The quantitative estimate of drug-likeness (QED) is 0.193. The monoisotopic (exact) mass is 768 g/mol. The zero-order valence-electron chi connectivity index (χ0n) is 25.9. The number of rotatable bonds is 12. The maximum absolute atomic E-state index is 5.26. The predicted molar refractivity (Wildman–Crippen MR) is 196 cm³/mol. The molecule has 8 bridgehead atoms. The van der Waals surface area contributed by atoms with Gasteiger partial charge < -0.3 is 9.97 Å². The zero-order chi connectivity index (χ0) is 30.5. The highest BCUT2D eigenvalue weighted by atomic mass is 79.9. The van der Waals surface area contributed by atoms with Crippen molar-refractivity contribution in [1.29, 1.82) is 0 Å². The highest BCUT2D eigenvalue weighted by molar-refractivity contribution is 9.15. The molecule has 0 aromatic carbocycles. The van der Waals surface area contributed by atoms with Gasteiger partial charge in [0.15, 0.2) is 0 Å². The number of aryl methyl sites for hydroxylation is 2. The highest BCUT2D eigenvalue weighted by Crippen LogP contribution is 2.43. The second kappa shape index (κ2) is 14.9. The van der Waals surface area contributed by atoms with E-state index in [9.17, 15) is 0 Å². The summed E-state index contributed by atoms with van der Waals surface area (Å²) in [5.74, 6) is 0. The minimum absolute atomic E-state index is 0.973. The fourth-order valence-electron chi connectivity index (χ4n) is 5.91. The van der Waals surface area contributed by atoms with Crippen molar-refractivity contribution >= 4 is 90.0 Å². The van der Waals surface area contributed by atoms with Crippen molar-refractivity contribution in [2.24, 2.45) is 0 Å². The fourth-order valence-corrected chi connectivity index (χ4v) is 8.00. The Morgan fingerprint density at radius 3 is 1.74 bits per heavy atom. The van der Waals surface area contributed by atoms with E-state index < -0.39 is 0 Å². The maximum atomic E-state index is 5.26. The Bertz CT molecular complexity index is 1710.